The molecule has 6 heteroatoms. The fourth-order valence-corrected chi connectivity index (χ4v) is 4.87. The lowest BCUT2D eigenvalue weighted by atomic mass is 10.0. The Labute approximate surface area is 127 Å². The molecule has 1 N–H and O–H groups in total. The molecule has 1 aromatic rings. The lowest BCUT2D eigenvalue weighted by Crippen LogP contribution is -2.47. The molecule has 5 nitrogen and oxygen atoms in total. The summed E-state index contributed by atoms with van der Waals surface area (Å²) >= 11 is 0. The largest absolute Gasteiger partial charge is 0.315 e. The maximum atomic E-state index is 13.0. The Balaban J connectivity index is 1.93. The van der Waals surface area contributed by atoms with E-state index in [9.17, 15) is 8.42 Å². The Kier molecular flexibility index (Phi) is 4.19. The van der Waals surface area contributed by atoms with Crippen molar-refractivity contribution in [1.29, 1.82) is 0 Å². The zero-order valence-corrected chi connectivity index (χ0v) is 13.3. The smallest absolute Gasteiger partial charge is 0.304 e. The van der Waals surface area contributed by atoms with Crippen LogP contribution in [0.1, 0.15) is 24.0 Å². The lowest BCUT2D eigenvalue weighted by Gasteiger charge is -2.34. The average Bonchev–Trinajstić information content (AvgIpc) is 2.75. The third kappa shape index (κ3) is 2.93. The van der Waals surface area contributed by atoms with Crippen LogP contribution < -0.4 is 9.62 Å². The maximum absolute atomic E-state index is 13.0. The normalized spacial score (nSPS) is 20.9. The van der Waals surface area contributed by atoms with E-state index in [0.717, 1.165) is 43.6 Å². The van der Waals surface area contributed by atoms with E-state index < -0.39 is 10.2 Å². The van der Waals surface area contributed by atoms with E-state index >= 15 is 0 Å². The van der Waals surface area contributed by atoms with E-state index in [1.165, 1.54) is 5.56 Å². The highest BCUT2D eigenvalue weighted by atomic mass is 32.2. The molecule has 0 spiro atoms. The first kappa shape index (κ1) is 14.8. The number of nitrogens with zero attached hydrogens (tertiary/aromatic N) is 2. The van der Waals surface area contributed by atoms with Crippen LogP contribution in [0.3, 0.4) is 0 Å². The Bertz CT molecular complexity index is 607. The molecule has 2 aliphatic rings. The monoisotopic (exact) mass is 309 g/mol. The van der Waals surface area contributed by atoms with Gasteiger partial charge >= 0.3 is 10.2 Å². The predicted octanol–water partition coefficient (Wildman–Crippen LogP) is 1.29. The molecule has 0 aromatic heterocycles. The van der Waals surface area contributed by atoms with Gasteiger partial charge in [-0.15, -0.1) is 0 Å². The summed E-state index contributed by atoms with van der Waals surface area (Å²) in [5.41, 5.74) is 3.20. The lowest BCUT2D eigenvalue weighted by molar-refractivity contribution is 0.427. The number of rotatable bonds is 2. The van der Waals surface area contributed by atoms with Gasteiger partial charge in [0.25, 0.3) is 0 Å². The van der Waals surface area contributed by atoms with Crippen LogP contribution in [0.4, 0.5) is 5.69 Å². The highest BCUT2D eigenvalue weighted by Gasteiger charge is 2.32. The SMILES string of the molecule is Cc1ccc2c(c1)CCCN2S(=O)(=O)N1CCCNCC1. The molecule has 0 bridgehead atoms. The minimum Gasteiger partial charge on any atom is -0.315 e. The first-order valence-electron chi connectivity index (χ1n) is 7.67. The van der Waals surface area contributed by atoms with Crippen molar-refractivity contribution in [2.45, 2.75) is 26.2 Å². The van der Waals surface area contributed by atoms with Crippen LogP contribution in [0.25, 0.3) is 0 Å². The van der Waals surface area contributed by atoms with Gasteiger partial charge in [0.1, 0.15) is 0 Å². The molecular weight excluding hydrogens is 286 g/mol. The summed E-state index contributed by atoms with van der Waals surface area (Å²) in [7, 11) is -3.41. The molecule has 3 rings (SSSR count). The predicted molar refractivity (Wildman–Crippen MR) is 84.8 cm³/mol. The summed E-state index contributed by atoms with van der Waals surface area (Å²) < 4.78 is 29.2. The van der Waals surface area contributed by atoms with E-state index in [4.69, 9.17) is 0 Å². The maximum Gasteiger partial charge on any atom is 0.304 e. The van der Waals surface area contributed by atoms with Crippen LogP contribution in [0.5, 0.6) is 0 Å². The molecule has 0 radical (unpaired) electrons. The van der Waals surface area contributed by atoms with Crippen molar-refractivity contribution >= 4 is 15.9 Å². The Morgan fingerprint density at radius 3 is 2.81 bits per heavy atom. The molecule has 0 amide bonds. The van der Waals surface area contributed by atoms with Gasteiger partial charge in [-0.1, -0.05) is 17.7 Å². The first-order valence-corrected chi connectivity index (χ1v) is 9.07. The van der Waals surface area contributed by atoms with Gasteiger partial charge in [0, 0.05) is 26.2 Å². The third-order valence-corrected chi connectivity index (χ3v) is 6.17. The number of fused-ring (bicyclic) bond motifs is 1. The van der Waals surface area contributed by atoms with Crippen molar-refractivity contribution in [2.24, 2.45) is 0 Å². The second kappa shape index (κ2) is 5.94. The Hall–Kier alpha value is -1.11. The first-order chi connectivity index (χ1) is 10.1. The zero-order chi connectivity index (χ0) is 14.9. The summed E-state index contributed by atoms with van der Waals surface area (Å²) in [5, 5.41) is 3.25. The van der Waals surface area contributed by atoms with Gasteiger partial charge in [-0.05, 0) is 44.4 Å². The summed E-state index contributed by atoms with van der Waals surface area (Å²) in [6, 6.07) is 6.06. The molecular formula is C15H23N3O2S. The third-order valence-electron chi connectivity index (χ3n) is 4.21. The molecule has 21 heavy (non-hydrogen) atoms. The highest BCUT2D eigenvalue weighted by molar-refractivity contribution is 7.90. The number of hydrogen-bond donors (Lipinski definition) is 1. The number of aryl methyl sites for hydroxylation is 2. The van der Waals surface area contributed by atoms with E-state index in [0.29, 0.717) is 19.6 Å². The molecule has 2 heterocycles. The summed E-state index contributed by atoms with van der Waals surface area (Å²) in [4.78, 5) is 0. The molecule has 1 aromatic carbocycles. The van der Waals surface area contributed by atoms with Gasteiger partial charge in [-0.25, -0.2) is 0 Å². The van der Waals surface area contributed by atoms with Crippen LogP contribution in [-0.4, -0.2) is 45.4 Å². The number of benzene rings is 1. The molecule has 116 valence electrons. The van der Waals surface area contributed by atoms with Crippen molar-refractivity contribution in [1.82, 2.24) is 9.62 Å². The van der Waals surface area contributed by atoms with Crippen molar-refractivity contribution in [2.75, 3.05) is 37.0 Å². The summed E-state index contributed by atoms with van der Waals surface area (Å²) in [6.45, 7) is 5.42. The quantitative estimate of drug-likeness (QED) is 0.895. The van der Waals surface area contributed by atoms with Crippen LogP contribution in [-0.2, 0) is 16.6 Å². The van der Waals surface area contributed by atoms with Crippen LogP contribution in [0.2, 0.25) is 0 Å². The van der Waals surface area contributed by atoms with Crippen LogP contribution in [0.15, 0.2) is 18.2 Å². The van der Waals surface area contributed by atoms with Gasteiger partial charge in [-0.2, -0.15) is 12.7 Å². The van der Waals surface area contributed by atoms with Gasteiger partial charge in [0.05, 0.1) is 5.69 Å². The second-order valence-electron chi connectivity index (χ2n) is 5.82. The fourth-order valence-electron chi connectivity index (χ4n) is 3.12. The number of hydrogen-bond acceptors (Lipinski definition) is 3. The number of nitrogens with one attached hydrogen (secondary N) is 1. The van der Waals surface area contributed by atoms with Gasteiger partial charge in [0.2, 0.25) is 0 Å². The summed E-state index contributed by atoms with van der Waals surface area (Å²) in [6.07, 6.45) is 2.72. The number of anilines is 1. The van der Waals surface area contributed by atoms with Gasteiger partial charge < -0.3 is 5.32 Å². The van der Waals surface area contributed by atoms with Crippen molar-refractivity contribution in [3.63, 3.8) is 0 Å². The summed E-state index contributed by atoms with van der Waals surface area (Å²) in [5.74, 6) is 0. The molecule has 2 aliphatic heterocycles. The Morgan fingerprint density at radius 2 is 1.95 bits per heavy atom. The molecule has 0 aliphatic carbocycles. The molecule has 1 saturated heterocycles. The minimum absolute atomic E-state index is 0.556. The molecule has 1 fully saturated rings. The molecule has 0 atom stereocenters. The van der Waals surface area contributed by atoms with Crippen molar-refractivity contribution in [3.05, 3.63) is 29.3 Å². The van der Waals surface area contributed by atoms with Gasteiger partial charge in [0.15, 0.2) is 0 Å². The van der Waals surface area contributed by atoms with Crippen molar-refractivity contribution in [3.8, 4) is 0 Å². The zero-order valence-electron chi connectivity index (χ0n) is 12.5. The van der Waals surface area contributed by atoms with Crippen LogP contribution in [0, 0.1) is 6.92 Å². The van der Waals surface area contributed by atoms with Crippen LogP contribution >= 0.6 is 0 Å². The molecule has 0 unspecified atom stereocenters. The minimum atomic E-state index is -3.41. The van der Waals surface area contributed by atoms with E-state index in [2.05, 4.69) is 11.4 Å². The average molecular weight is 309 g/mol. The fraction of sp³-hybridized carbons (Fsp3) is 0.600. The highest BCUT2D eigenvalue weighted by Crippen LogP contribution is 2.31. The standard InChI is InChI=1S/C15H23N3O2S/c1-13-5-6-15-14(12-13)4-2-10-18(15)21(19,20)17-9-3-7-16-8-11-17/h5-6,12,16H,2-4,7-11H2,1H3. The Morgan fingerprint density at radius 1 is 1.10 bits per heavy atom. The van der Waals surface area contributed by atoms with E-state index in [1.807, 2.05) is 19.1 Å². The second-order valence-corrected chi connectivity index (χ2v) is 7.67. The van der Waals surface area contributed by atoms with Crippen molar-refractivity contribution < 1.29 is 8.42 Å². The van der Waals surface area contributed by atoms with E-state index in [1.54, 1.807) is 8.61 Å². The topological polar surface area (TPSA) is 52.7 Å². The molecule has 0 saturated carbocycles. The van der Waals surface area contributed by atoms with Gasteiger partial charge in [-0.3, -0.25) is 4.31 Å². The van der Waals surface area contributed by atoms with E-state index in [-0.39, 0.29) is 0 Å².